The maximum atomic E-state index is 12.4. The van der Waals surface area contributed by atoms with E-state index in [0.717, 1.165) is 29.8 Å². The Morgan fingerprint density at radius 3 is 2.42 bits per heavy atom. The molecule has 0 saturated heterocycles. The molecule has 174 valence electrons. The molecule has 0 amide bonds. The van der Waals surface area contributed by atoms with Gasteiger partial charge in [0.1, 0.15) is 0 Å². The summed E-state index contributed by atoms with van der Waals surface area (Å²) in [5, 5.41) is 12.0. The minimum atomic E-state index is -3.55. The molecule has 9 heteroatoms. The number of nitrogens with one attached hydrogen (secondary N) is 2. The standard InChI is InChI=1S/C24H29N5O3S/c1-29(2)17-4-15-26-33(31,32)22-12-10-21(11-13-22)27-24-25-16-14-23(28-24)20-8-6-19(7-9-20)5-3-18-30/h3,5-14,16,26,30H,4,15,17-18H2,1-2H3,(H,25,27,28)/b5-3+. The SMILES string of the molecule is CN(C)CCCNS(=O)(=O)c1ccc(Nc2nccc(-c3ccc(/C=C/CO)cc3)n2)cc1. The Kier molecular flexibility index (Phi) is 8.67. The molecule has 0 fully saturated rings. The highest BCUT2D eigenvalue weighted by atomic mass is 32.2. The fraction of sp³-hybridized carbons (Fsp3) is 0.250. The van der Waals surface area contributed by atoms with E-state index < -0.39 is 10.0 Å². The van der Waals surface area contributed by atoms with Gasteiger partial charge in [-0.05, 0) is 63.0 Å². The molecule has 0 aliphatic carbocycles. The Morgan fingerprint density at radius 1 is 1.03 bits per heavy atom. The lowest BCUT2D eigenvalue weighted by atomic mass is 10.1. The van der Waals surface area contributed by atoms with Gasteiger partial charge in [-0.3, -0.25) is 0 Å². The quantitative estimate of drug-likeness (QED) is 0.372. The largest absolute Gasteiger partial charge is 0.392 e. The minimum absolute atomic E-state index is 0.00286. The first-order valence-corrected chi connectivity index (χ1v) is 12.1. The molecule has 0 bridgehead atoms. The summed E-state index contributed by atoms with van der Waals surface area (Å²) in [6.07, 6.45) is 5.93. The van der Waals surface area contributed by atoms with E-state index in [0.29, 0.717) is 18.2 Å². The maximum Gasteiger partial charge on any atom is 0.240 e. The molecule has 2 aromatic carbocycles. The predicted octanol–water partition coefficient (Wildman–Crippen LogP) is 3.12. The summed E-state index contributed by atoms with van der Waals surface area (Å²) < 4.78 is 27.5. The van der Waals surface area contributed by atoms with Crippen molar-refractivity contribution >= 4 is 27.7 Å². The van der Waals surface area contributed by atoms with Gasteiger partial charge in [0.2, 0.25) is 16.0 Å². The Balaban J connectivity index is 1.65. The Bertz CT molecular complexity index is 1160. The molecule has 0 atom stereocenters. The van der Waals surface area contributed by atoms with E-state index in [-0.39, 0.29) is 11.5 Å². The van der Waals surface area contributed by atoms with Gasteiger partial charge in [-0.2, -0.15) is 0 Å². The van der Waals surface area contributed by atoms with Crippen LogP contribution in [-0.2, 0) is 10.0 Å². The van der Waals surface area contributed by atoms with Gasteiger partial charge in [-0.25, -0.2) is 23.1 Å². The minimum Gasteiger partial charge on any atom is -0.392 e. The van der Waals surface area contributed by atoms with Crippen LogP contribution in [0.25, 0.3) is 17.3 Å². The summed E-state index contributed by atoms with van der Waals surface area (Å²) in [7, 11) is 0.358. The zero-order chi connectivity index (χ0) is 23.7. The molecular formula is C24H29N5O3S. The summed E-state index contributed by atoms with van der Waals surface area (Å²) in [6, 6.07) is 16.1. The van der Waals surface area contributed by atoms with E-state index in [2.05, 4.69) is 20.0 Å². The van der Waals surface area contributed by atoms with Crippen molar-refractivity contribution in [1.82, 2.24) is 19.6 Å². The smallest absolute Gasteiger partial charge is 0.240 e. The second kappa shape index (κ2) is 11.7. The number of aromatic nitrogens is 2. The predicted molar refractivity (Wildman–Crippen MR) is 132 cm³/mol. The van der Waals surface area contributed by atoms with Crippen LogP contribution in [0.5, 0.6) is 0 Å². The number of hydrogen-bond donors (Lipinski definition) is 3. The van der Waals surface area contributed by atoms with Crippen molar-refractivity contribution in [3.8, 4) is 11.3 Å². The molecule has 8 nitrogen and oxygen atoms in total. The van der Waals surface area contributed by atoms with Gasteiger partial charge < -0.3 is 15.3 Å². The first kappa shape index (κ1) is 24.5. The average molecular weight is 468 g/mol. The third-order valence-corrected chi connectivity index (χ3v) is 6.25. The van der Waals surface area contributed by atoms with Crippen LogP contribution in [0.4, 0.5) is 11.6 Å². The second-order valence-corrected chi connectivity index (χ2v) is 9.44. The van der Waals surface area contributed by atoms with Gasteiger partial charge in [-0.1, -0.05) is 36.4 Å². The molecule has 3 rings (SSSR count). The van der Waals surface area contributed by atoms with Crippen LogP contribution in [0.15, 0.2) is 71.8 Å². The van der Waals surface area contributed by atoms with Crippen LogP contribution in [-0.4, -0.2) is 62.2 Å². The fourth-order valence-corrected chi connectivity index (χ4v) is 4.14. The van der Waals surface area contributed by atoms with Crippen molar-refractivity contribution in [2.45, 2.75) is 11.3 Å². The van der Waals surface area contributed by atoms with Crippen LogP contribution in [0.3, 0.4) is 0 Å². The summed E-state index contributed by atoms with van der Waals surface area (Å²) in [4.78, 5) is 11.0. The van der Waals surface area contributed by atoms with Crippen LogP contribution in [0.2, 0.25) is 0 Å². The molecule has 0 spiro atoms. The average Bonchev–Trinajstić information content (AvgIpc) is 2.81. The van der Waals surface area contributed by atoms with Crippen molar-refractivity contribution in [2.24, 2.45) is 0 Å². The third-order valence-electron chi connectivity index (χ3n) is 4.77. The topological polar surface area (TPSA) is 107 Å². The molecule has 0 saturated carbocycles. The summed E-state index contributed by atoms with van der Waals surface area (Å²) in [5.74, 6) is 0.411. The van der Waals surface area contributed by atoms with Gasteiger partial charge in [0.15, 0.2) is 0 Å². The van der Waals surface area contributed by atoms with E-state index in [1.54, 1.807) is 36.5 Å². The highest BCUT2D eigenvalue weighted by Crippen LogP contribution is 2.21. The number of rotatable bonds is 11. The lowest BCUT2D eigenvalue weighted by Gasteiger charge is -2.11. The number of aliphatic hydroxyl groups is 1. The lowest BCUT2D eigenvalue weighted by molar-refractivity contribution is 0.343. The highest BCUT2D eigenvalue weighted by Gasteiger charge is 2.13. The number of hydrogen-bond acceptors (Lipinski definition) is 7. The summed E-state index contributed by atoms with van der Waals surface area (Å²) in [5.41, 5.74) is 3.36. The summed E-state index contributed by atoms with van der Waals surface area (Å²) in [6.45, 7) is 1.21. The van der Waals surface area contributed by atoms with E-state index in [1.165, 1.54) is 0 Å². The normalized spacial score (nSPS) is 11.9. The van der Waals surface area contributed by atoms with Crippen molar-refractivity contribution < 1.29 is 13.5 Å². The van der Waals surface area contributed by atoms with Gasteiger partial charge in [0.05, 0.1) is 17.2 Å². The Hall–Kier alpha value is -3.11. The van der Waals surface area contributed by atoms with E-state index in [9.17, 15) is 8.42 Å². The molecule has 0 aliphatic heterocycles. The molecule has 0 unspecified atom stereocenters. The number of sulfonamides is 1. The first-order valence-electron chi connectivity index (χ1n) is 10.6. The fourth-order valence-electron chi connectivity index (χ4n) is 3.07. The van der Waals surface area contributed by atoms with Gasteiger partial charge in [-0.15, -0.1) is 0 Å². The van der Waals surface area contributed by atoms with Crippen molar-refractivity contribution in [1.29, 1.82) is 0 Å². The molecular weight excluding hydrogens is 438 g/mol. The molecule has 0 radical (unpaired) electrons. The van der Waals surface area contributed by atoms with E-state index in [1.807, 2.05) is 55.4 Å². The van der Waals surface area contributed by atoms with Gasteiger partial charge >= 0.3 is 0 Å². The number of anilines is 2. The van der Waals surface area contributed by atoms with Crippen molar-refractivity contribution in [3.63, 3.8) is 0 Å². The zero-order valence-electron chi connectivity index (χ0n) is 18.8. The van der Waals surface area contributed by atoms with Gasteiger partial charge in [0.25, 0.3) is 0 Å². The molecule has 3 N–H and O–H groups in total. The molecule has 1 heterocycles. The van der Waals surface area contributed by atoms with Crippen LogP contribution < -0.4 is 10.0 Å². The van der Waals surface area contributed by atoms with E-state index in [4.69, 9.17) is 5.11 Å². The number of nitrogens with zero attached hydrogens (tertiary/aromatic N) is 3. The molecule has 0 aliphatic rings. The number of benzene rings is 2. The van der Waals surface area contributed by atoms with Crippen LogP contribution in [0.1, 0.15) is 12.0 Å². The van der Waals surface area contributed by atoms with Crippen LogP contribution in [0, 0.1) is 0 Å². The van der Waals surface area contributed by atoms with Crippen molar-refractivity contribution in [3.05, 3.63) is 72.4 Å². The number of aliphatic hydroxyl groups excluding tert-OH is 1. The molecule has 33 heavy (non-hydrogen) atoms. The molecule has 3 aromatic rings. The monoisotopic (exact) mass is 467 g/mol. The summed E-state index contributed by atoms with van der Waals surface area (Å²) >= 11 is 0. The third kappa shape index (κ3) is 7.47. The van der Waals surface area contributed by atoms with Gasteiger partial charge in [0, 0.05) is 24.0 Å². The molecule has 1 aromatic heterocycles. The highest BCUT2D eigenvalue weighted by molar-refractivity contribution is 7.89. The Labute approximate surface area is 195 Å². The first-order chi connectivity index (χ1) is 15.9. The van der Waals surface area contributed by atoms with Crippen molar-refractivity contribution in [2.75, 3.05) is 39.1 Å². The van der Waals surface area contributed by atoms with Crippen LogP contribution >= 0.6 is 0 Å². The van der Waals surface area contributed by atoms with E-state index >= 15 is 0 Å². The Morgan fingerprint density at radius 2 is 1.76 bits per heavy atom. The maximum absolute atomic E-state index is 12.4. The zero-order valence-corrected chi connectivity index (χ0v) is 19.6. The second-order valence-electron chi connectivity index (χ2n) is 7.68. The lowest BCUT2D eigenvalue weighted by Crippen LogP contribution is -2.27.